The fourth-order valence-electron chi connectivity index (χ4n) is 1.58. The Labute approximate surface area is 111 Å². The first-order valence-electron chi connectivity index (χ1n) is 6.07. The molecule has 1 aliphatic rings. The van der Waals surface area contributed by atoms with Crippen molar-refractivity contribution in [2.24, 2.45) is 0 Å². The Balaban J connectivity index is 2.30. The largest absolute Gasteiger partial charge is 0.479 e. The van der Waals surface area contributed by atoms with Gasteiger partial charge in [-0.15, -0.1) is 0 Å². The second-order valence-corrected chi connectivity index (χ2v) is 3.96. The van der Waals surface area contributed by atoms with Crippen LogP contribution in [0.15, 0.2) is 12.7 Å². The topological polar surface area (TPSA) is 85.3 Å². The summed E-state index contributed by atoms with van der Waals surface area (Å²) in [7, 11) is 0. The van der Waals surface area contributed by atoms with E-state index in [-0.39, 0.29) is 13.2 Å². The molecule has 1 rings (SSSR count). The van der Waals surface area contributed by atoms with Crippen LogP contribution in [0, 0.1) is 0 Å². The van der Waals surface area contributed by atoms with E-state index in [9.17, 15) is 9.59 Å². The molecule has 0 amide bonds. The van der Waals surface area contributed by atoms with Crippen molar-refractivity contribution in [2.75, 3.05) is 46.1 Å². The molecule has 1 N–H and O–H groups in total. The first-order chi connectivity index (χ1) is 9.15. The Morgan fingerprint density at radius 2 is 2.11 bits per heavy atom. The Morgan fingerprint density at radius 3 is 2.68 bits per heavy atom. The molecule has 1 unspecified atom stereocenters. The molecule has 0 aromatic carbocycles. The second kappa shape index (κ2) is 8.63. The molecule has 0 radical (unpaired) electrons. The molecule has 19 heavy (non-hydrogen) atoms. The number of hydrogen-bond donors (Lipinski definition) is 1. The van der Waals surface area contributed by atoms with E-state index in [1.807, 2.05) is 0 Å². The minimum atomic E-state index is -1.58. The molecule has 7 nitrogen and oxygen atoms in total. The van der Waals surface area contributed by atoms with Crippen molar-refractivity contribution in [3.63, 3.8) is 0 Å². The van der Waals surface area contributed by atoms with Crippen LogP contribution in [0.4, 0.5) is 0 Å². The number of carboxylic acid groups (broad SMARTS) is 1. The van der Waals surface area contributed by atoms with Gasteiger partial charge in [0.15, 0.2) is 0 Å². The Kier molecular flexibility index (Phi) is 7.09. The molecule has 1 aliphatic heterocycles. The number of carboxylic acids is 1. The normalized spacial score (nSPS) is 17.7. The maximum atomic E-state index is 11.4. The van der Waals surface area contributed by atoms with Gasteiger partial charge in [-0.25, -0.2) is 9.59 Å². The highest BCUT2D eigenvalue weighted by atomic mass is 16.6. The highest BCUT2D eigenvalue weighted by Gasteiger charge is 2.28. The average molecular weight is 273 g/mol. The van der Waals surface area contributed by atoms with Gasteiger partial charge in [0.1, 0.15) is 6.61 Å². The maximum absolute atomic E-state index is 11.4. The molecule has 0 aliphatic carbocycles. The molecule has 0 aromatic heterocycles. The van der Waals surface area contributed by atoms with Gasteiger partial charge in [-0.05, 0) is 0 Å². The number of nitrogens with zero attached hydrogens (tertiary/aromatic N) is 1. The standard InChI is InChI=1S/C12H19NO6/c1-2-6-19-12(16)10(11(14)15)18-9-5-13-3-7-17-8-4-13/h2,10H,1,3-9H2,(H,14,15). The summed E-state index contributed by atoms with van der Waals surface area (Å²) < 4.78 is 14.9. The first-order valence-corrected chi connectivity index (χ1v) is 6.07. The maximum Gasteiger partial charge on any atom is 0.347 e. The van der Waals surface area contributed by atoms with Crippen molar-refractivity contribution in [3.05, 3.63) is 12.7 Å². The van der Waals surface area contributed by atoms with Gasteiger partial charge in [-0.2, -0.15) is 0 Å². The Hall–Kier alpha value is -1.44. The minimum Gasteiger partial charge on any atom is -0.479 e. The van der Waals surface area contributed by atoms with Crippen LogP contribution in [0.25, 0.3) is 0 Å². The summed E-state index contributed by atoms with van der Waals surface area (Å²) in [5, 5.41) is 8.89. The molecule has 0 aromatic rings. The summed E-state index contributed by atoms with van der Waals surface area (Å²) in [5.74, 6) is -2.26. The summed E-state index contributed by atoms with van der Waals surface area (Å²) in [5.41, 5.74) is 0. The molecule has 108 valence electrons. The van der Waals surface area contributed by atoms with Crippen molar-refractivity contribution in [3.8, 4) is 0 Å². The lowest BCUT2D eigenvalue weighted by molar-refractivity contribution is -0.169. The number of carbonyl (C=O) groups is 2. The third kappa shape index (κ3) is 5.82. The van der Waals surface area contributed by atoms with Crippen LogP contribution in [-0.4, -0.2) is 74.1 Å². The lowest BCUT2D eigenvalue weighted by Gasteiger charge is -2.26. The van der Waals surface area contributed by atoms with Crippen LogP contribution >= 0.6 is 0 Å². The summed E-state index contributed by atoms with van der Waals surface area (Å²) >= 11 is 0. The van der Waals surface area contributed by atoms with Gasteiger partial charge in [0.25, 0.3) is 6.10 Å². The van der Waals surface area contributed by atoms with Crippen LogP contribution in [0.1, 0.15) is 0 Å². The number of aliphatic carboxylic acids is 1. The molecule has 7 heteroatoms. The van der Waals surface area contributed by atoms with Crippen molar-refractivity contribution < 1.29 is 28.9 Å². The van der Waals surface area contributed by atoms with Gasteiger partial charge in [-0.1, -0.05) is 12.7 Å². The molecular weight excluding hydrogens is 254 g/mol. The monoisotopic (exact) mass is 273 g/mol. The smallest absolute Gasteiger partial charge is 0.347 e. The van der Waals surface area contributed by atoms with Crippen LogP contribution in [-0.2, 0) is 23.8 Å². The SMILES string of the molecule is C=CCOC(=O)C(OCCN1CCOCC1)C(=O)O. The highest BCUT2D eigenvalue weighted by molar-refractivity contribution is 5.97. The predicted octanol–water partition coefficient (Wildman–Crippen LogP) is -0.482. The molecule has 0 spiro atoms. The van der Waals surface area contributed by atoms with Gasteiger partial charge in [0.05, 0.1) is 19.8 Å². The third-order valence-electron chi connectivity index (χ3n) is 2.58. The number of esters is 1. The average Bonchev–Trinajstić information content (AvgIpc) is 2.41. The lowest BCUT2D eigenvalue weighted by Crippen LogP contribution is -2.41. The fraction of sp³-hybridized carbons (Fsp3) is 0.667. The van der Waals surface area contributed by atoms with E-state index in [0.717, 1.165) is 13.1 Å². The Morgan fingerprint density at radius 1 is 1.42 bits per heavy atom. The van der Waals surface area contributed by atoms with Crippen LogP contribution in [0.5, 0.6) is 0 Å². The zero-order chi connectivity index (χ0) is 14.1. The quantitative estimate of drug-likeness (QED) is 0.363. The summed E-state index contributed by atoms with van der Waals surface area (Å²) in [6, 6.07) is 0. The highest BCUT2D eigenvalue weighted by Crippen LogP contribution is 2.00. The molecule has 1 heterocycles. The molecular formula is C12H19NO6. The van der Waals surface area contributed by atoms with Crippen molar-refractivity contribution in [2.45, 2.75) is 6.10 Å². The predicted molar refractivity (Wildman–Crippen MR) is 65.8 cm³/mol. The van der Waals surface area contributed by atoms with Crippen LogP contribution < -0.4 is 0 Å². The van der Waals surface area contributed by atoms with E-state index in [0.29, 0.717) is 19.8 Å². The number of morpholine rings is 1. The Bertz CT molecular complexity index is 313. The van der Waals surface area contributed by atoms with Gasteiger partial charge < -0.3 is 19.3 Å². The summed E-state index contributed by atoms with van der Waals surface area (Å²) in [6.45, 7) is 6.93. The fourth-order valence-corrected chi connectivity index (χ4v) is 1.58. The van der Waals surface area contributed by atoms with E-state index >= 15 is 0 Å². The number of hydrogen-bond acceptors (Lipinski definition) is 6. The number of carbonyl (C=O) groups excluding carboxylic acids is 1. The van der Waals surface area contributed by atoms with Gasteiger partial charge in [-0.3, -0.25) is 4.90 Å². The van der Waals surface area contributed by atoms with E-state index in [4.69, 9.17) is 14.6 Å². The lowest BCUT2D eigenvalue weighted by atomic mass is 10.3. The zero-order valence-electron chi connectivity index (χ0n) is 10.7. The van der Waals surface area contributed by atoms with E-state index in [2.05, 4.69) is 16.2 Å². The van der Waals surface area contributed by atoms with E-state index < -0.39 is 18.0 Å². The van der Waals surface area contributed by atoms with Crippen molar-refractivity contribution in [1.82, 2.24) is 4.90 Å². The summed E-state index contributed by atoms with van der Waals surface area (Å²) in [4.78, 5) is 24.4. The molecule has 0 bridgehead atoms. The van der Waals surface area contributed by atoms with Crippen molar-refractivity contribution in [1.29, 1.82) is 0 Å². The molecule has 1 fully saturated rings. The van der Waals surface area contributed by atoms with Crippen LogP contribution in [0.3, 0.4) is 0 Å². The third-order valence-corrected chi connectivity index (χ3v) is 2.58. The molecule has 1 saturated heterocycles. The van der Waals surface area contributed by atoms with Crippen molar-refractivity contribution >= 4 is 11.9 Å². The number of ether oxygens (including phenoxy) is 3. The second-order valence-electron chi connectivity index (χ2n) is 3.96. The van der Waals surface area contributed by atoms with Gasteiger partial charge in [0, 0.05) is 19.6 Å². The minimum absolute atomic E-state index is 0.0323. The first kappa shape index (κ1) is 15.6. The zero-order valence-corrected chi connectivity index (χ0v) is 10.7. The van der Waals surface area contributed by atoms with Crippen LogP contribution in [0.2, 0.25) is 0 Å². The molecule has 1 atom stereocenters. The summed E-state index contributed by atoms with van der Waals surface area (Å²) in [6.07, 6.45) is -0.217. The van der Waals surface area contributed by atoms with Gasteiger partial charge >= 0.3 is 11.9 Å². The number of rotatable bonds is 8. The molecule has 0 saturated carbocycles. The van der Waals surface area contributed by atoms with E-state index in [1.54, 1.807) is 0 Å². The van der Waals surface area contributed by atoms with Gasteiger partial charge in [0.2, 0.25) is 0 Å². The van der Waals surface area contributed by atoms with E-state index in [1.165, 1.54) is 6.08 Å².